The molecule has 1 aliphatic rings. The molecule has 1 amide bonds. The Labute approximate surface area is 177 Å². The third-order valence-electron chi connectivity index (χ3n) is 5.32. The Morgan fingerprint density at radius 1 is 1.24 bits per heavy atom. The Bertz CT molecular complexity index is 820. The summed E-state index contributed by atoms with van der Waals surface area (Å²) in [6.07, 6.45) is 4.37. The summed E-state index contributed by atoms with van der Waals surface area (Å²) in [5, 5.41) is 12.4. The number of rotatable bonds is 7. The fourth-order valence-electron chi connectivity index (χ4n) is 3.57. The molecule has 3 rings (SSSR count). The average Bonchev–Trinajstić information content (AvgIpc) is 3.29. The molecule has 1 unspecified atom stereocenters. The van der Waals surface area contributed by atoms with Crippen LogP contribution in [0.4, 0.5) is 0 Å². The van der Waals surface area contributed by atoms with Crippen molar-refractivity contribution in [1.82, 2.24) is 20.1 Å². The second-order valence-electron chi connectivity index (χ2n) is 8.77. The monoisotopic (exact) mass is 416 g/mol. The van der Waals surface area contributed by atoms with Crippen molar-refractivity contribution in [2.24, 2.45) is 7.05 Å². The quantitative estimate of drug-likeness (QED) is 0.678. The predicted molar refractivity (Wildman–Crippen MR) is 116 cm³/mol. The molecule has 1 atom stereocenters. The van der Waals surface area contributed by atoms with Crippen molar-refractivity contribution in [3.63, 3.8) is 0 Å². The Morgan fingerprint density at radius 2 is 1.90 bits per heavy atom. The Morgan fingerprint density at radius 3 is 2.52 bits per heavy atom. The van der Waals surface area contributed by atoms with Crippen molar-refractivity contribution in [3.05, 3.63) is 35.7 Å². The molecule has 1 aromatic carbocycles. The van der Waals surface area contributed by atoms with E-state index < -0.39 is 0 Å². The molecule has 1 fully saturated rings. The van der Waals surface area contributed by atoms with Gasteiger partial charge in [0, 0.05) is 13.1 Å². The van der Waals surface area contributed by atoms with E-state index in [1.807, 2.05) is 30.7 Å². The number of carbonyl (C=O) groups excluding carboxylic acids is 1. The molecular formula is C22H32N4O2S. The fraction of sp³-hybridized carbons (Fsp3) is 0.591. The molecule has 1 saturated carbocycles. The number of aromatic nitrogens is 3. The maximum atomic E-state index is 12.1. The zero-order valence-corrected chi connectivity index (χ0v) is 18.9. The van der Waals surface area contributed by atoms with Gasteiger partial charge in [-0.05, 0) is 42.9 Å². The van der Waals surface area contributed by atoms with Gasteiger partial charge in [0.1, 0.15) is 5.75 Å². The van der Waals surface area contributed by atoms with Gasteiger partial charge in [-0.15, -0.1) is 10.2 Å². The van der Waals surface area contributed by atoms with Crippen LogP contribution in [0.3, 0.4) is 0 Å². The first-order valence-electron chi connectivity index (χ1n) is 10.3. The smallest absolute Gasteiger partial charge is 0.230 e. The van der Waals surface area contributed by atoms with Gasteiger partial charge in [-0.1, -0.05) is 57.5 Å². The van der Waals surface area contributed by atoms with E-state index in [0.717, 1.165) is 29.6 Å². The van der Waals surface area contributed by atoms with Gasteiger partial charge in [0.25, 0.3) is 0 Å². The number of thioether (sulfide) groups is 1. The van der Waals surface area contributed by atoms with Crippen LogP contribution in [0.15, 0.2) is 29.4 Å². The number of nitrogens with zero attached hydrogens (tertiary/aromatic N) is 3. The summed E-state index contributed by atoms with van der Waals surface area (Å²) in [6.45, 7) is 8.54. The SMILES string of the molecule is CC(Oc1ccc(C(C)(C)C)cc1)c1nnc(SCC(=O)NC2CCCC2)n1C. The van der Waals surface area contributed by atoms with Crippen LogP contribution in [0.1, 0.15) is 70.9 Å². The van der Waals surface area contributed by atoms with E-state index in [0.29, 0.717) is 11.8 Å². The van der Waals surface area contributed by atoms with Crippen molar-refractivity contribution in [3.8, 4) is 5.75 Å². The highest BCUT2D eigenvalue weighted by Gasteiger charge is 2.20. The summed E-state index contributed by atoms with van der Waals surface area (Å²) >= 11 is 1.41. The predicted octanol–water partition coefficient (Wildman–Crippen LogP) is 4.40. The second-order valence-corrected chi connectivity index (χ2v) is 9.71. The lowest BCUT2D eigenvalue weighted by Gasteiger charge is -2.20. The first-order valence-corrected chi connectivity index (χ1v) is 11.3. The molecule has 0 bridgehead atoms. The average molecular weight is 417 g/mol. The minimum atomic E-state index is -0.241. The summed E-state index contributed by atoms with van der Waals surface area (Å²) in [4.78, 5) is 12.1. The van der Waals surface area contributed by atoms with E-state index in [1.165, 1.54) is 30.2 Å². The van der Waals surface area contributed by atoms with Crippen LogP contribution in [-0.2, 0) is 17.3 Å². The van der Waals surface area contributed by atoms with E-state index in [4.69, 9.17) is 4.74 Å². The van der Waals surface area contributed by atoms with Crippen LogP contribution in [0.25, 0.3) is 0 Å². The molecule has 0 aliphatic heterocycles. The molecule has 7 heteroatoms. The molecule has 1 aliphatic carbocycles. The molecule has 1 aromatic heterocycles. The van der Waals surface area contributed by atoms with Crippen LogP contribution in [0, 0.1) is 0 Å². The van der Waals surface area contributed by atoms with E-state index in [9.17, 15) is 4.79 Å². The Kier molecular flexibility index (Phi) is 6.88. The van der Waals surface area contributed by atoms with Gasteiger partial charge in [-0.3, -0.25) is 4.79 Å². The zero-order valence-electron chi connectivity index (χ0n) is 18.1. The highest BCUT2D eigenvalue weighted by Crippen LogP contribution is 2.27. The summed E-state index contributed by atoms with van der Waals surface area (Å²) in [5.41, 5.74) is 1.38. The lowest BCUT2D eigenvalue weighted by molar-refractivity contribution is -0.119. The maximum absolute atomic E-state index is 12.1. The third-order valence-corrected chi connectivity index (χ3v) is 6.34. The summed E-state index contributed by atoms with van der Waals surface area (Å²) < 4.78 is 7.97. The highest BCUT2D eigenvalue weighted by atomic mass is 32.2. The molecular weight excluding hydrogens is 384 g/mol. The molecule has 158 valence electrons. The first-order chi connectivity index (χ1) is 13.7. The van der Waals surface area contributed by atoms with Gasteiger partial charge in [0.15, 0.2) is 17.1 Å². The largest absolute Gasteiger partial charge is 0.483 e. The van der Waals surface area contributed by atoms with Crippen LogP contribution < -0.4 is 10.1 Å². The number of hydrogen-bond donors (Lipinski definition) is 1. The molecule has 0 radical (unpaired) electrons. The minimum absolute atomic E-state index is 0.0645. The van der Waals surface area contributed by atoms with Crippen molar-refractivity contribution in [2.75, 3.05) is 5.75 Å². The van der Waals surface area contributed by atoms with Gasteiger partial charge < -0.3 is 14.6 Å². The van der Waals surface area contributed by atoms with Crippen LogP contribution >= 0.6 is 11.8 Å². The van der Waals surface area contributed by atoms with E-state index in [1.54, 1.807) is 0 Å². The fourth-order valence-corrected chi connectivity index (χ4v) is 4.30. The van der Waals surface area contributed by atoms with E-state index >= 15 is 0 Å². The van der Waals surface area contributed by atoms with Crippen molar-refractivity contribution in [1.29, 1.82) is 0 Å². The molecule has 1 N–H and O–H groups in total. The standard InChI is InChI=1S/C22H32N4O2S/c1-15(28-18-12-10-16(11-13-18)22(2,3)4)20-24-25-21(26(20)5)29-14-19(27)23-17-8-6-7-9-17/h10-13,15,17H,6-9,14H2,1-5H3,(H,23,27). The summed E-state index contributed by atoms with van der Waals surface area (Å²) in [5.74, 6) is 1.96. The molecule has 0 spiro atoms. The third kappa shape index (κ3) is 5.75. The van der Waals surface area contributed by atoms with Gasteiger partial charge in [0.05, 0.1) is 5.75 Å². The van der Waals surface area contributed by atoms with Crippen LogP contribution in [0.5, 0.6) is 5.75 Å². The summed E-state index contributed by atoms with van der Waals surface area (Å²) in [6, 6.07) is 8.54. The number of ether oxygens (including phenoxy) is 1. The van der Waals surface area contributed by atoms with Crippen LogP contribution in [-0.4, -0.2) is 32.5 Å². The molecule has 2 aromatic rings. The summed E-state index contributed by atoms with van der Waals surface area (Å²) in [7, 11) is 1.91. The van der Waals surface area contributed by atoms with E-state index in [2.05, 4.69) is 48.4 Å². The highest BCUT2D eigenvalue weighted by molar-refractivity contribution is 7.99. The topological polar surface area (TPSA) is 69.0 Å². The Balaban J connectivity index is 1.55. The first kappa shape index (κ1) is 21.7. The number of benzene rings is 1. The zero-order chi connectivity index (χ0) is 21.0. The van der Waals surface area contributed by atoms with Crippen molar-refractivity contribution < 1.29 is 9.53 Å². The number of carbonyl (C=O) groups is 1. The minimum Gasteiger partial charge on any atom is -0.483 e. The van der Waals surface area contributed by atoms with Crippen LogP contribution in [0.2, 0.25) is 0 Å². The molecule has 0 saturated heterocycles. The van der Waals surface area contributed by atoms with Crippen molar-refractivity contribution >= 4 is 17.7 Å². The lowest BCUT2D eigenvalue weighted by Crippen LogP contribution is -2.33. The lowest BCUT2D eigenvalue weighted by atomic mass is 9.87. The molecule has 1 heterocycles. The van der Waals surface area contributed by atoms with Gasteiger partial charge in [-0.2, -0.15) is 0 Å². The Hall–Kier alpha value is -2.02. The van der Waals surface area contributed by atoms with Gasteiger partial charge >= 0.3 is 0 Å². The van der Waals surface area contributed by atoms with Gasteiger partial charge in [-0.25, -0.2) is 0 Å². The molecule has 29 heavy (non-hydrogen) atoms. The molecule has 6 nitrogen and oxygen atoms in total. The van der Waals surface area contributed by atoms with E-state index in [-0.39, 0.29) is 17.4 Å². The van der Waals surface area contributed by atoms with Gasteiger partial charge in [0.2, 0.25) is 5.91 Å². The maximum Gasteiger partial charge on any atom is 0.230 e. The second kappa shape index (κ2) is 9.20. The normalized spacial score (nSPS) is 16.0. The number of hydrogen-bond acceptors (Lipinski definition) is 5. The van der Waals surface area contributed by atoms with Crippen molar-refractivity contribution in [2.45, 2.75) is 76.1 Å². The number of amides is 1. The number of nitrogens with one attached hydrogen (secondary N) is 1.